The van der Waals surface area contributed by atoms with E-state index < -0.39 is 37.9 Å². The molecule has 0 N–H and O–H groups in total. The SMILES string of the molecule is O=c1oc(=O)n([N+](=O)[O-])c2c([N+](=O)[O-])cccc12. The van der Waals surface area contributed by atoms with Crippen molar-refractivity contribution in [2.45, 2.75) is 0 Å². The topological polar surface area (TPSA) is 138 Å². The average Bonchev–Trinajstić information content (AvgIpc) is 2.27. The summed E-state index contributed by atoms with van der Waals surface area (Å²) in [6.45, 7) is 0. The quantitative estimate of drug-likeness (QED) is 0.537. The number of rotatable bonds is 2. The van der Waals surface area contributed by atoms with Crippen molar-refractivity contribution < 1.29 is 14.4 Å². The molecule has 18 heavy (non-hydrogen) atoms. The Morgan fingerprint density at radius 3 is 2.39 bits per heavy atom. The summed E-state index contributed by atoms with van der Waals surface area (Å²) in [6.07, 6.45) is 0. The van der Waals surface area contributed by atoms with Gasteiger partial charge in [0.1, 0.15) is 0 Å². The minimum absolute atomic E-state index is 0.172. The van der Waals surface area contributed by atoms with Gasteiger partial charge in [-0.25, -0.2) is 19.7 Å². The maximum absolute atomic E-state index is 11.3. The molecule has 1 heterocycles. The molecule has 10 heteroatoms. The fraction of sp³-hybridized carbons (Fsp3) is 0. The highest BCUT2D eigenvalue weighted by atomic mass is 16.7. The molecule has 0 atom stereocenters. The number of fused-ring (bicyclic) bond motifs is 1. The van der Waals surface area contributed by atoms with E-state index in [2.05, 4.69) is 4.42 Å². The number of aromatic nitrogens is 1. The lowest BCUT2D eigenvalue weighted by Crippen LogP contribution is -2.30. The van der Waals surface area contributed by atoms with Crippen LogP contribution in [-0.2, 0) is 0 Å². The van der Waals surface area contributed by atoms with Crippen molar-refractivity contribution in [3.63, 3.8) is 0 Å². The zero-order valence-electron chi connectivity index (χ0n) is 8.43. The van der Waals surface area contributed by atoms with Crippen molar-refractivity contribution in [2.75, 3.05) is 0 Å². The van der Waals surface area contributed by atoms with Crippen LogP contribution in [0.5, 0.6) is 0 Å². The second-order valence-electron chi connectivity index (χ2n) is 3.14. The van der Waals surface area contributed by atoms with Gasteiger partial charge < -0.3 is 4.42 Å². The Morgan fingerprint density at radius 2 is 1.83 bits per heavy atom. The molecule has 2 aromatic rings. The molecule has 0 saturated heterocycles. The minimum Gasteiger partial charge on any atom is -0.368 e. The molecule has 1 aromatic carbocycles. The number of non-ortho nitro benzene ring substituents is 1. The van der Waals surface area contributed by atoms with Gasteiger partial charge in [0.05, 0.1) is 10.3 Å². The summed E-state index contributed by atoms with van der Waals surface area (Å²) in [6, 6.07) is 3.20. The van der Waals surface area contributed by atoms with E-state index >= 15 is 0 Å². The summed E-state index contributed by atoms with van der Waals surface area (Å²) in [7, 11) is 0. The fourth-order valence-electron chi connectivity index (χ4n) is 1.48. The van der Waals surface area contributed by atoms with Gasteiger partial charge in [0.15, 0.2) is 5.03 Å². The minimum atomic E-state index is -1.59. The Balaban J connectivity index is 3.18. The van der Waals surface area contributed by atoms with Crippen molar-refractivity contribution in [1.82, 2.24) is 4.68 Å². The van der Waals surface area contributed by atoms with Gasteiger partial charge in [0.25, 0.3) is 5.69 Å². The smallest absolute Gasteiger partial charge is 0.368 e. The van der Waals surface area contributed by atoms with Crippen molar-refractivity contribution in [3.05, 3.63) is 59.4 Å². The first-order chi connectivity index (χ1) is 8.43. The molecule has 0 unspecified atom stereocenters. The number of nitro benzene ring substituents is 1. The zero-order valence-corrected chi connectivity index (χ0v) is 8.43. The highest BCUT2D eigenvalue weighted by molar-refractivity contribution is 5.86. The maximum atomic E-state index is 11.3. The molecular formula is C8H3N3O7. The highest BCUT2D eigenvalue weighted by Gasteiger charge is 2.25. The Hall–Kier alpha value is -3.04. The van der Waals surface area contributed by atoms with Crippen LogP contribution in [-0.4, -0.2) is 14.6 Å². The summed E-state index contributed by atoms with van der Waals surface area (Å²) in [5, 5.41) is 19.8. The maximum Gasteiger partial charge on any atom is 0.481 e. The van der Waals surface area contributed by atoms with Gasteiger partial charge in [0.2, 0.25) is 5.52 Å². The first-order valence-electron chi connectivity index (χ1n) is 4.41. The van der Waals surface area contributed by atoms with Crippen LogP contribution in [0.15, 0.2) is 32.2 Å². The molecule has 2 rings (SSSR count). The number of nitrogens with zero attached hydrogens (tertiary/aromatic N) is 3. The van der Waals surface area contributed by atoms with Gasteiger partial charge >= 0.3 is 11.4 Å². The molecule has 0 aliphatic carbocycles. The summed E-state index contributed by atoms with van der Waals surface area (Å²) >= 11 is 0. The third-order valence-electron chi connectivity index (χ3n) is 2.16. The van der Waals surface area contributed by atoms with Gasteiger partial charge in [-0.15, -0.1) is 0 Å². The van der Waals surface area contributed by atoms with Crippen molar-refractivity contribution in [2.24, 2.45) is 0 Å². The van der Waals surface area contributed by atoms with E-state index in [1.54, 1.807) is 0 Å². The first kappa shape index (κ1) is 11.4. The standard InChI is InChI=1S/C8H3N3O7/c12-7-4-2-1-3-5(10(14)15)6(4)9(11(16)17)8(13)18-7/h1-3H. The predicted octanol–water partition coefficient (Wildman–Crippen LogP) is -0.0973. The number of nitro groups is 2. The van der Waals surface area contributed by atoms with E-state index in [-0.39, 0.29) is 4.68 Å². The van der Waals surface area contributed by atoms with Gasteiger partial charge in [-0.1, -0.05) is 6.07 Å². The Bertz CT molecular complexity index is 787. The fourth-order valence-corrected chi connectivity index (χ4v) is 1.48. The lowest BCUT2D eigenvalue weighted by Gasteiger charge is -1.99. The van der Waals surface area contributed by atoms with E-state index in [0.717, 1.165) is 18.2 Å². The average molecular weight is 253 g/mol. The van der Waals surface area contributed by atoms with Gasteiger partial charge in [-0.05, 0) is 6.07 Å². The van der Waals surface area contributed by atoms with Crippen LogP contribution >= 0.6 is 0 Å². The number of hydrogen-bond acceptors (Lipinski definition) is 7. The normalized spacial score (nSPS) is 10.4. The Labute approximate surface area is 95.9 Å². The van der Waals surface area contributed by atoms with Gasteiger partial charge in [-0.2, -0.15) is 0 Å². The molecule has 1 aromatic heterocycles. The summed E-state index contributed by atoms with van der Waals surface area (Å²) in [4.78, 5) is 43.0. The molecule has 0 saturated carbocycles. The number of para-hydroxylation sites is 1. The van der Waals surface area contributed by atoms with Gasteiger partial charge in [-0.3, -0.25) is 10.1 Å². The van der Waals surface area contributed by atoms with E-state index in [4.69, 9.17) is 0 Å². The Kier molecular flexibility index (Phi) is 2.39. The monoisotopic (exact) mass is 253 g/mol. The molecule has 0 spiro atoms. The van der Waals surface area contributed by atoms with Crippen LogP contribution in [0.25, 0.3) is 10.9 Å². The zero-order chi connectivity index (χ0) is 13.4. The first-order valence-corrected chi connectivity index (χ1v) is 4.41. The second-order valence-corrected chi connectivity index (χ2v) is 3.14. The lowest BCUT2D eigenvalue weighted by molar-refractivity contribution is -0.543. The lowest BCUT2D eigenvalue weighted by atomic mass is 10.2. The molecule has 0 aliphatic heterocycles. The largest absolute Gasteiger partial charge is 0.481 e. The molecule has 0 fully saturated rings. The molecular weight excluding hydrogens is 250 g/mol. The van der Waals surface area contributed by atoms with Crippen LogP contribution in [0.1, 0.15) is 0 Å². The molecule has 0 aliphatic rings. The predicted molar refractivity (Wildman–Crippen MR) is 55.8 cm³/mol. The third kappa shape index (κ3) is 1.52. The van der Waals surface area contributed by atoms with Crippen molar-refractivity contribution in [3.8, 4) is 0 Å². The third-order valence-corrected chi connectivity index (χ3v) is 2.16. The van der Waals surface area contributed by atoms with Crippen LogP contribution in [0.4, 0.5) is 5.69 Å². The summed E-state index contributed by atoms with van der Waals surface area (Å²) in [5.74, 6) is -1.59. The van der Waals surface area contributed by atoms with Gasteiger partial charge in [0, 0.05) is 10.7 Å². The number of hydrogen-bond donors (Lipinski definition) is 0. The van der Waals surface area contributed by atoms with E-state index in [1.807, 2.05) is 0 Å². The summed E-state index contributed by atoms with van der Waals surface area (Å²) in [5.41, 5.74) is -2.60. The van der Waals surface area contributed by atoms with Crippen LogP contribution in [0.2, 0.25) is 0 Å². The van der Waals surface area contributed by atoms with Crippen LogP contribution in [0.3, 0.4) is 0 Å². The highest BCUT2D eigenvalue weighted by Crippen LogP contribution is 2.21. The molecule has 0 bridgehead atoms. The Morgan fingerprint density at radius 1 is 1.17 bits per heavy atom. The van der Waals surface area contributed by atoms with E-state index in [0.29, 0.717) is 0 Å². The number of benzene rings is 1. The molecule has 10 nitrogen and oxygen atoms in total. The van der Waals surface area contributed by atoms with Crippen molar-refractivity contribution in [1.29, 1.82) is 0 Å². The van der Waals surface area contributed by atoms with Crippen molar-refractivity contribution >= 4 is 16.6 Å². The second kappa shape index (κ2) is 3.76. The summed E-state index contributed by atoms with van der Waals surface area (Å²) < 4.78 is 3.93. The van der Waals surface area contributed by atoms with E-state index in [9.17, 15) is 29.8 Å². The van der Waals surface area contributed by atoms with Crippen LogP contribution in [0, 0.1) is 20.2 Å². The van der Waals surface area contributed by atoms with Crippen LogP contribution < -0.4 is 11.4 Å². The van der Waals surface area contributed by atoms with E-state index in [1.165, 1.54) is 0 Å². The molecule has 0 radical (unpaired) electrons. The molecule has 92 valence electrons. The molecule has 0 amide bonds.